The molecule has 31 heteroatoms. The van der Waals surface area contributed by atoms with Crippen LogP contribution in [0.5, 0.6) is 0 Å². The molecule has 8 aromatic rings. The van der Waals surface area contributed by atoms with Gasteiger partial charge >= 0.3 is 0 Å². The SMILES string of the molecule is Cc1scnc1C(=O)Nc1cc(C(=O)Nc2cc(C(=O)Nc3cc(C(=O)NCCCC(=O)Nc4cn(C)c(C(=O)Nc5cc(C(=O)Nc6cc(C(=O)Nc7cc(C(=O)NCCC(=O)NCCCN(C)C)n(C)c7)n(C)c6)n(C)c5)n4)n(C)c3)n(C)c2)n(C)c1. The van der Waals surface area contributed by atoms with E-state index in [-0.39, 0.29) is 89.8 Å². The third kappa shape index (κ3) is 16.4. The monoisotopic (exact) mass is 1240 g/mol. The van der Waals surface area contributed by atoms with E-state index in [1.54, 1.807) is 102 Å². The summed E-state index contributed by atoms with van der Waals surface area (Å²) in [6.45, 7) is 3.44. The Balaban J connectivity index is 0.747. The molecule has 0 fully saturated rings. The molecule has 0 atom stereocenters. The smallest absolute Gasteiger partial charge is 0.291 e. The summed E-state index contributed by atoms with van der Waals surface area (Å²) in [5.74, 6) is -4.46. The van der Waals surface area contributed by atoms with Gasteiger partial charge in [0.2, 0.25) is 17.6 Å². The number of hydrogen-bond donors (Lipinski definition) is 10. The second-order valence-electron chi connectivity index (χ2n) is 21.3. The molecule has 0 aliphatic heterocycles. The van der Waals surface area contributed by atoms with Crippen molar-refractivity contribution in [3.63, 3.8) is 0 Å². The summed E-state index contributed by atoms with van der Waals surface area (Å²) in [7, 11) is 15.3. The summed E-state index contributed by atoms with van der Waals surface area (Å²) < 4.78 is 10.6. The van der Waals surface area contributed by atoms with Gasteiger partial charge in [0.25, 0.3) is 47.3 Å². The van der Waals surface area contributed by atoms with Crippen LogP contribution >= 0.6 is 11.3 Å². The summed E-state index contributed by atoms with van der Waals surface area (Å²) in [5, 5.41) is 27.6. The van der Waals surface area contributed by atoms with E-state index in [0.717, 1.165) is 17.8 Å². The number of carbonyl (C=O) groups excluding carboxylic acids is 10. The van der Waals surface area contributed by atoms with Gasteiger partial charge in [0.15, 0.2) is 5.82 Å². The number of nitrogens with zero attached hydrogens (tertiary/aromatic N) is 10. The van der Waals surface area contributed by atoms with E-state index in [1.807, 2.05) is 19.0 Å². The van der Waals surface area contributed by atoms with Gasteiger partial charge in [0.05, 0.1) is 39.6 Å². The Morgan fingerprint density at radius 2 is 0.787 bits per heavy atom. The fourth-order valence-corrected chi connectivity index (χ4v) is 9.98. The second-order valence-corrected chi connectivity index (χ2v) is 22.4. The van der Waals surface area contributed by atoms with Crippen LogP contribution in [-0.2, 0) is 58.9 Å². The molecule has 10 amide bonds. The second kappa shape index (κ2) is 28.1. The number of rotatable bonds is 26. The van der Waals surface area contributed by atoms with Crippen LogP contribution in [0.25, 0.3) is 0 Å². The number of aromatic nitrogens is 9. The molecule has 0 aliphatic carbocycles. The number of nitrogens with one attached hydrogen (secondary N) is 10. The molecule has 0 unspecified atom stereocenters. The highest BCUT2D eigenvalue weighted by Gasteiger charge is 2.24. The van der Waals surface area contributed by atoms with E-state index in [0.29, 0.717) is 40.7 Å². The normalized spacial score (nSPS) is 11.0. The van der Waals surface area contributed by atoms with Crippen molar-refractivity contribution >= 4 is 110 Å². The summed E-state index contributed by atoms with van der Waals surface area (Å²) in [6, 6.07) is 8.99. The highest BCUT2D eigenvalue weighted by Crippen LogP contribution is 2.24. The van der Waals surface area contributed by atoms with Crippen LogP contribution in [0.3, 0.4) is 0 Å². The molecule has 8 aromatic heterocycles. The number of anilines is 7. The van der Waals surface area contributed by atoms with Crippen LogP contribution in [0.4, 0.5) is 39.9 Å². The van der Waals surface area contributed by atoms with E-state index in [1.165, 1.54) is 83.0 Å². The molecule has 10 N–H and O–H groups in total. The maximum atomic E-state index is 13.5. The number of carbonyl (C=O) groups is 10. The Labute approximate surface area is 514 Å². The zero-order valence-corrected chi connectivity index (χ0v) is 51.5. The summed E-state index contributed by atoms with van der Waals surface area (Å²) in [5.41, 5.74) is 5.23. The average molecular weight is 1240 g/mol. The number of amides is 10. The van der Waals surface area contributed by atoms with E-state index < -0.39 is 53.2 Å². The van der Waals surface area contributed by atoms with Crippen LogP contribution in [0.1, 0.15) is 115 Å². The first-order chi connectivity index (χ1) is 42.3. The Morgan fingerprint density at radius 1 is 0.416 bits per heavy atom. The molecule has 30 nitrogen and oxygen atoms in total. The maximum absolute atomic E-state index is 13.5. The first-order valence-electron chi connectivity index (χ1n) is 27.9. The van der Waals surface area contributed by atoms with Gasteiger partial charge in [-0.2, -0.15) is 0 Å². The zero-order chi connectivity index (χ0) is 64.4. The fraction of sp³-hybridized carbons (Fsp3) is 0.310. The summed E-state index contributed by atoms with van der Waals surface area (Å²) in [4.78, 5) is 142. The lowest BCUT2D eigenvalue weighted by molar-refractivity contribution is -0.121. The van der Waals surface area contributed by atoms with Crippen LogP contribution in [0.2, 0.25) is 0 Å². The predicted molar refractivity (Wildman–Crippen MR) is 334 cm³/mol. The lowest BCUT2D eigenvalue weighted by Gasteiger charge is -2.10. The van der Waals surface area contributed by atoms with Crippen LogP contribution < -0.4 is 53.2 Å². The van der Waals surface area contributed by atoms with Gasteiger partial charge in [-0.1, -0.05) is 0 Å². The summed E-state index contributed by atoms with van der Waals surface area (Å²) in [6.07, 6.45) is 12.0. The van der Waals surface area contributed by atoms with Gasteiger partial charge in [0.1, 0.15) is 39.9 Å². The first-order valence-corrected chi connectivity index (χ1v) is 28.8. The van der Waals surface area contributed by atoms with Crippen molar-refractivity contribution in [1.29, 1.82) is 0 Å². The van der Waals surface area contributed by atoms with Crippen LogP contribution in [0, 0.1) is 6.92 Å². The minimum absolute atomic E-state index is 0.00466. The maximum Gasteiger partial charge on any atom is 0.291 e. The minimum atomic E-state index is -0.630. The highest BCUT2D eigenvalue weighted by molar-refractivity contribution is 7.09. The zero-order valence-electron chi connectivity index (χ0n) is 50.7. The molecule has 0 saturated carbocycles. The average Bonchev–Trinajstić information content (AvgIpc) is 2.86. The molecule has 0 bridgehead atoms. The minimum Gasteiger partial charge on any atom is -0.356 e. The molecule has 0 radical (unpaired) electrons. The largest absolute Gasteiger partial charge is 0.356 e. The third-order valence-corrected chi connectivity index (χ3v) is 14.6. The molecule has 0 aromatic carbocycles. The van der Waals surface area contributed by atoms with E-state index in [9.17, 15) is 47.9 Å². The molecule has 0 saturated heterocycles. The van der Waals surface area contributed by atoms with Crippen molar-refractivity contribution in [2.45, 2.75) is 32.6 Å². The predicted octanol–water partition coefficient (Wildman–Crippen LogP) is 4.07. The number of thiazole rings is 1. The molecule has 89 heavy (non-hydrogen) atoms. The number of hydrogen-bond acceptors (Lipinski definition) is 14. The molecular formula is C58H70N20O10S. The van der Waals surface area contributed by atoms with Crippen LogP contribution in [-0.4, -0.2) is 146 Å². The molecular weight excluding hydrogens is 1170 g/mol. The van der Waals surface area contributed by atoms with Crippen molar-refractivity contribution in [3.05, 3.63) is 136 Å². The Kier molecular flexibility index (Phi) is 20.3. The van der Waals surface area contributed by atoms with Crippen molar-refractivity contribution in [3.8, 4) is 0 Å². The topological polar surface area (TPSA) is 355 Å². The Bertz CT molecular complexity index is 4030. The molecule has 8 rings (SSSR count). The first kappa shape index (κ1) is 64.2. The van der Waals surface area contributed by atoms with Gasteiger partial charge in [-0.3, -0.25) is 47.9 Å². The van der Waals surface area contributed by atoms with Crippen LogP contribution in [0.15, 0.2) is 85.3 Å². The van der Waals surface area contributed by atoms with Gasteiger partial charge in [-0.15, -0.1) is 11.3 Å². The lowest BCUT2D eigenvalue weighted by atomic mass is 10.3. The Morgan fingerprint density at radius 3 is 1.18 bits per heavy atom. The number of aryl methyl sites for hydroxylation is 8. The molecule has 0 aliphatic rings. The van der Waals surface area contributed by atoms with Crippen molar-refractivity contribution in [2.24, 2.45) is 49.3 Å². The van der Waals surface area contributed by atoms with E-state index in [2.05, 4.69) is 63.1 Å². The quantitative estimate of drug-likeness (QED) is 0.0342. The van der Waals surface area contributed by atoms with E-state index in [4.69, 9.17) is 0 Å². The fourth-order valence-electron chi connectivity index (χ4n) is 9.41. The van der Waals surface area contributed by atoms with Crippen molar-refractivity contribution in [2.75, 3.05) is 77.5 Å². The highest BCUT2D eigenvalue weighted by atomic mass is 32.1. The van der Waals surface area contributed by atoms with Crippen molar-refractivity contribution in [1.82, 2.24) is 62.8 Å². The molecule has 468 valence electrons. The summed E-state index contributed by atoms with van der Waals surface area (Å²) >= 11 is 1.35. The Hall–Kier alpha value is -10.8. The van der Waals surface area contributed by atoms with Gasteiger partial charge in [-0.05, 0) is 76.8 Å². The van der Waals surface area contributed by atoms with Crippen molar-refractivity contribution < 1.29 is 47.9 Å². The third-order valence-electron chi connectivity index (χ3n) is 13.9. The standard InChI is InChI=1S/C58H70N20O10S/c1-33-49(62-32-89-33)57(87)67-38-23-44(76(8)29-38)55(85)65-36-21-42(74(6)27-36)53(83)63-34-19-40(72(4)25-34)51(81)60-15-11-13-48(80)69-46-31-78(10)50(70-46)58(88)68-39-24-45(77(9)30-39)56(86)66-37-22-43(75(7)28-37)54(84)64-35-20-41(73(5)26-35)52(82)61-17-14-47(79)59-16-12-18-71(2)3/h19-32H,11-18H2,1-10H3,(H,59,79)(H,60,81)(H,61,82)(H,63,83)(H,64,84)(H,65,85)(H,66,86)(H,67,87)(H,68,88)(H,69,80). The molecule has 8 heterocycles. The lowest BCUT2D eigenvalue weighted by Crippen LogP contribution is -2.32. The molecule has 0 spiro atoms. The van der Waals surface area contributed by atoms with Gasteiger partial charge in [-0.25, -0.2) is 9.97 Å². The van der Waals surface area contributed by atoms with Gasteiger partial charge < -0.3 is 90.0 Å². The number of imidazole rings is 1. The van der Waals surface area contributed by atoms with E-state index >= 15 is 0 Å². The van der Waals surface area contributed by atoms with Gasteiger partial charge in [0, 0.05) is 130 Å².